The molecule has 0 aliphatic rings. The molecule has 5 heterocycles. The maximum absolute atomic E-state index is 5.08. The summed E-state index contributed by atoms with van der Waals surface area (Å²) < 4.78 is 4.13. The van der Waals surface area contributed by atoms with Crippen molar-refractivity contribution in [2.24, 2.45) is 0 Å². The number of fused-ring (bicyclic) bond motifs is 4. The Hall–Kier alpha value is -4.77. The van der Waals surface area contributed by atoms with Gasteiger partial charge in [-0.2, -0.15) is 0 Å². The van der Waals surface area contributed by atoms with Gasteiger partial charge in [0.25, 0.3) is 0 Å². The number of pyridine rings is 2. The maximum atomic E-state index is 5.08. The summed E-state index contributed by atoms with van der Waals surface area (Å²) in [6.07, 6.45) is 9.69. The van der Waals surface area contributed by atoms with Crippen LogP contribution in [0.2, 0.25) is 0 Å². The molecule has 7 rings (SSSR count). The van der Waals surface area contributed by atoms with Gasteiger partial charge in [0.1, 0.15) is 5.52 Å². The Morgan fingerprint density at radius 1 is 0.647 bits per heavy atom. The van der Waals surface area contributed by atoms with Crippen LogP contribution in [0.25, 0.3) is 55.7 Å². The highest BCUT2D eigenvalue weighted by Crippen LogP contribution is 2.30. The average Bonchev–Trinajstić information content (AvgIpc) is 3.58. The van der Waals surface area contributed by atoms with Gasteiger partial charge in [-0.1, -0.05) is 60.7 Å². The zero-order chi connectivity index (χ0) is 22.5. The second kappa shape index (κ2) is 7.39. The molecule has 0 aliphatic heterocycles. The number of benzene rings is 2. The van der Waals surface area contributed by atoms with Crippen molar-refractivity contribution in [2.45, 2.75) is 0 Å². The third-order valence-electron chi connectivity index (χ3n) is 6.31. The minimum absolute atomic E-state index is 0.845. The van der Waals surface area contributed by atoms with Crippen molar-refractivity contribution in [2.75, 3.05) is 0 Å². The number of aromatic nitrogens is 5. The molecule has 34 heavy (non-hydrogen) atoms. The second-order valence-corrected chi connectivity index (χ2v) is 8.38. The van der Waals surface area contributed by atoms with Gasteiger partial charge in [-0.3, -0.25) is 4.40 Å². The van der Waals surface area contributed by atoms with Gasteiger partial charge in [-0.25, -0.2) is 15.0 Å². The molecule has 0 unspecified atom stereocenters. The van der Waals surface area contributed by atoms with E-state index in [0.29, 0.717) is 0 Å². The highest BCUT2D eigenvalue weighted by atomic mass is 15.0. The number of imidazole rings is 1. The van der Waals surface area contributed by atoms with Crippen LogP contribution in [0.1, 0.15) is 0 Å². The normalized spacial score (nSPS) is 11.5. The number of rotatable bonds is 3. The predicted molar refractivity (Wildman–Crippen MR) is 136 cm³/mol. The van der Waals surface area contributed by atoms with E-state index in [1.54, 1.807) is 0 Å². The van der Waals surface area contributed by atoms with Crippen molar-refractivity contribution in [1.29, 1.82) is 0 Å². The standard InChI is InChI=1S/C29H19N5/c1-2-5-20(6-3-1)21-8-10-22(11-9-21)28-27-7-4-14-34(27)29-26(32-28)15-24(16-31-29)23-12-13-25-17-30-19-33(25)18-23/h1-19H. The summed E-state index contributed by atoms with van der Waals surface area (Å²) in [5, 5.41) is 0. The summed E-state index contributed by atoms with van der Waals surface area (Å²) in [7, 11) is 0. The quantitative estimate of drug-likeness (QED) is 0.316. The minimum atomic E-state index is 0.845. The molecule has 0 N–H and O–H groups in total. The fraction of sp³-hybridized carbons (Fsp3) is 0. The van der Waals surface area contributed by atoms with Crippen LogP contribution in [0.15, 0.2) is 116 Å². The van der Waals surface area contributed by atoms with Crippen LogP contribution >= 0.6 is 0 Å². The lowest BCUT2D eigenvalue weighted by molar-refractivity contribution is 1.15. The highest BCUT2D eigenvalue weighted by Gasteiger charge is 2.13. The van der Waals surface area contributed by atoms with Crippen molar-refractivity contribution < 1.29 is 0 Å². The zero-order valence-corrected chi connectivity index (χ0v) is 18.2. The van der Waals surface area contributed by atoms with Crippen molar-refractivity contribution in [3.05, 3.63) is 116 Å². The summed E-state index contributed by atoms with van der Waals surface area (Å²) in [6, 6.07) is 29.4. The smallest absolute Gasteiger partial charge is 0.163 e. The van der Waals surface area contributed by atoms with Crippen molar-refractivity contribution >= 4 is 22.2 Å². The first kappa shape index (κ1) is 18.8. The number of hydrogen-bond donors (Lipinski definition) is 0. The van der Waals surface area contributed by atoms with Gasteiger partial charge in [0.2, 0.25) is 0 Å². The van der Waals surface area contributed by atoms with Crippen LogP contribution in [0, 0.1) is 0 Å². The summed E-state index contributed by atoms with van der Waals surface area (Å²) in [5.41, 5.74) is 10.3. The fourth-order valence-corrected chi connectivity index (χ4v) is 4.56. The number of hydrogen-bond acceptors (Lipinski definition) is 3. The van der Waals surface area contributed by atoms with Crippen LogP contribution in [-0.2, 0) is 0 Å². The molecule has 0 aliphatic carbocycles. The largest absolute Gasteiger partial charge is 0.306 e. The van der Waals surface area contributed by atoms with E-state index in [1.165, 1.54) is 11.1 Å². The van der Waals surface area contributed by atoms with Crippen LogP contribution in [0.5, 0.6) is 0 Å². The van der Waals surface area contributed by atoms with Crippen LogP contribution in [0.4, 0.5) is 0 Å². The van der Waals surface area contributed by atoms with E-state index >= 15 is 0 Å². The van der Waals surface area contributed by atoms with Crippen molar-refractivity contribution in [3.63, 3.8) is 0 Å². The van der Waals surface area contributed by atoms with E-state index in [2.05, 4.69) is 88.4 Å². The lowest BCUT2D eigenvalue weighted by Crippen LogP contribution is -1.97. The van der Waals surface area contributed by atoms with E-state index in [0.717, 1.165) is 44.6 Å². The van der Waals surface area contributed by atoms with Gasteiger partial charge in [-0.05, 0) is 35.4 Å². The van der Waals surface area contributed by atoms with E-state index in [1.807, 2.05) is 41.5 Å². The molecule has 0 bridgehead atoms. The Morgan fingerprint density at radius 3 is 2.32 bits per heavy atom. The van der Waals surface area contributed by atoms with Crippen LogP contribution in [-0.4, -0.2) is 23.8 Å². The van der Waals surface area contributed by atoms with Crippen molar-refractivity contribution in [1.82, 2.24) is 23.8 Å². The van der Waals surface area contributed by atoms with Gasteiger partial charge < -0.3 is 4.40 Å². The molecule has 5 heteroatoms. The first-order valence-electron chi connectivity index (χ1n) is 11.2. The van der Waals surface area contributed by atoms with E-state index < -0.39 is 0 Å². The topological polar surface area (TPSA) is 47.5 Å². The van der Waals surface area contributed by atoms with Gasteiger partial charge in [-0.15, -0.1) is 0 Å². The molecule has 0 saturated carbocycles. The molecule has 0 fully saturated rings. The van der Waals surface area contributed by atoms with Gasteiger partial charge in [0, 0.05) is 35.3 Å². The lowest BCUT2D eigenvalue weighted by atomic mass is 10.0. The third kappa shape index (κ3) is 2.98. The summed E-state index contributed by atoms with van der Waals surface area (Å²) >= 11 is 0. The lowest BCUT2D eigenvalue weighted by Gasteiger charge is -2.11. The van der Waals surface area contributed by atoms with Gasteiger partial charge in [0.05, 0.1) is 29.3 Å². The van der Waals surface area contributed by atoms with Gasteiger partial charge >= 0.3 is 0 Å². The molecular weight excluding hydrogens is 418 g/mol. The predicted octanol–water partition coefficient (Wildman–Crippen LogP) is 6.53. The Morgan fingerprint density at radius 2 is 1.44 bits per heavy atom. The molecule has 0 amide bonds. The van der Waals surface area contributed by atoms with Gasteiger partial charge in [0.15, 0.2) is 5.65 Å². The molecule has 5 nitrogen and oxygen atoms in total. The first-order valence-corrected chi connectivity index (χ1v) is 11.2. The number of nitrogens with zero attached hydrogens (tertiary/aromatic N) is 5. The van der Waals surface area contributed by atoms with E-state index in [4.69, 9.17) is 9.97 Å². The Kier molecular flexibility index (Phi) is 4.08. The van der Waals surface area contributed by atoms with Crippen molar-refractivity contribution in [3.8, 4) is 33.5 Å². The molecule has 0 saturated heterocycles. The monoisotopic (exact) mass is 437 g/mol. The first-order chi connectivity index (χ1) is 16.8. The fourth-order valence-electron chi connectivity index (χ4n) is 4.56. The summed E-state index contributed by atoms with van der Waals surface area (Å²) in [4.78, 5) is 14.1. The van der Waals surface area contributed by atoms with E-state index in [9.17, 15) is 0 Å². The Bertz CT molecular complexity index is 1790. The maximum Gasteiger partial charge on any atom is 0.163 e. The molecule has 2 aromatic carbocycles. The molecule has 5 aromatic heterocycles. The third-order valence-corrected chi connectivity index (χ3v) is 6.31. The Labute approximate surface area is 195 Å². The van der Waals surface area contributed by atoms with Crippen LogP contribution < -0.4 is 0 Å². The molecule has 0 spiro atoms. The summed E-state index contributed by atoms with van der Waals surface area (Å²) in [6.45, 7) is 0. The average molecular weight is 438 g/mol. The SMILES string of the molecule is c1ccc(-c2ccc(-c3nc4cc(-c5ccc6cncn6c5)cnc4n4cccc34)cc2)cc1. The molecule has 7 aromatic rings. The molecular formula is C29H19N5. The second-order valence-electron chi connectivity index (χ2n) is 8.38. The molecule has 0 radical (unpaired) electrons. The summed E-state index contributed by atoms with van der Waals surface area (Å²) in [5.74, 6) is 0. The Balaban J connectivity index is 1.37. The van der Waals surface area contributed by atoms with Crippen LogP contribution in [0.3, 0.4) is 0 Å². The molecule has 0 atom stereocenters. The highest BCUT2D eigenvalue weighted by molar-refractivity contribution is 5.88. The van der Waals surface area contributed by atoms with E-state index in [-0.39, 0.29) is 0 Å². The minimum Gasteiger partial charge on any atom is -0.306 e. The zero-order valence-electron chi connectivity index (χ0n) is 18.2. The molecule has 160 valence electrons.